The van der Waals surface area contributed by atoms with Crippen molar-refractivity contribution in [3.8, 4) is 5.75 Å². The van der Waals surface area contributed by atoms with Crippen LogP contribution in [0.25, 0.3) is 6.08 Å². The number of allylic oxidation sites excluding steroid dienone is 1. The first-order chi connectivity index (χ1) is 13.5. The maximum atomic E-state index is 12.6. The number of amides is 1. The van der Waals surface area contributed by atoms with E-state index in [9.17, 15) is 9.59 Å². The number of ether oxygens (including phenoxy) is 1. The van der Waals surface area contributed by atoms with Gasteiger partial charge in [0, 0.05) is 30.3 Å². The molecule has 1 saturated heterocycles. The lowest BCUT2D eigenvalue weighted by molar-refractivity contribution is -0.114. The molecule has 1 amide bonds. The summed E-state index contributed by atoms with van der Waals surface area (Å²) < 4.78 is 5.47. The molecule has 2 aromatic carbocycles. The molecule has 1 fully saturated rings. The summed E-state index contributed by atoms with van der Waals surface area (Å²) in [7, 11) is 1.66. The van der Waals surface area contributed by atoms with Gasteiger partial charge in [0.05, 0.1) is 7.11 Å². The Kier molecular flexibility index (Phi) is 6.61. The summed E-state index contributed by atoms with van der Waals surface area (Å²) in [5, 5.41) is 2.72. The topological polar surface area (TPSA) is 58.6 Å². The number of nitrogens with zero attached hydrogens (tertiary/aromatic N) is 1. The van der Waals surface area contributed by atoms with E-state index in [1.807, 2.05) is 36.4 Å². The largest absolute Gasteiger partial charge is 0.496 e. The Morgan fingerprint density at radius 1 is 1.11 bits per heavy atom. The van der Waals surface area contributed by atoms with Crippen LogP contribution in [0.1, 0.15) is 41.3 Å². The molecule has 28 heavy (non-hydrogen) atoms. The van der Waals surface area contributed by atoms with Crippen molar-refractivity contribution in [2.45, 2.75) is 26.3 Å². The molecule has 0 bridgehead atoms. The molecule has 5 nitrogen and oxygen atoms in total. The highest BCUT2D eigenvalue weighted by Crippen LogP contribution is 2.24. The number of methoxy groups -OCH3 is 1. The van der Waals surface area contributed by atoms with Crippen LogP contribution in [0.4, 0.5) is 5.69 Å². The van der Waals surface area contributed by atoms with Gasteiger partial charge in [-0.2, -0.15) is 0 Å². The average Bonchev–Trinajstić information content (AvgIpc) is 3.20. The second-order valence-corrected chi connectivity index (χ2v) is 7.01. The highest BCUT2D eigenvalue weighted by Gasteiger charge is 2.15. The first-order valence-corrected chi connectivity index (χ1v) is 9.54. The van der Waals surface area contributed by atoms with Gasteiger partial charge in [-0.1, -0.05) is 18.2 Å². The quantitative estimate of drug-likeness (QED) is 0.581. The minimum absolute atomic E-state index is 0.0451. The fourth-order valence-electron chi connectivity index (χ4n) is 3.39. The maximum Gasteiger partial charge on any atom is 0.221 e. The van der Waals surface area contributed by atoms with E-state index in [1.54, 1.807) is 25.3 Å². The Bertz CT molecular complexity index is 866. The Hall–Kier alpha value is -2.92. The van der Waals surface area contributed by atoms with Gasteiger partial charge in [0.1, 0.15) is 5.75 Å². The third-order valence-corrected chi connectivity index (χ3v) is 4.82. The zero-order valence-corrected chi connectivity index (χ0v) is 16.4. The number of carbonyl (C=O) groups excluding carboxylic acids is 2. The van der Waals surface area contributed by atoms with Crippen molar-refractivity contribution in [3.63, 3.8) is 0 Å². The van der Waals surface area contributed by atoms with Crippen LogP contribution in [0.3, 0.4) is 0 Å². The van der Waals surface area contributed by atoms with Crippen LogP contribution in [-0.4, -0.2) is 36.8 Å². The monoisotopic (exact) mass is 378 g/mol. The standard InChI is InChI=1S/C23H26N2O3/c1-17(26)24-21-9-5-18(6-10-21)7-11-22(27)19-8-12-23(28-2)20(15-19)16-25-13-3-4-14-25/h5-12,15H,3-4,13-14,16H2,1-2H3,(H,24,26). The number of nitrogens with one attached hydrogen (secondary N) is 1. The van der Waals surface area contributed by atoms with E-state index >= 15 is 0 Å². The van der Waals surface area contributed by atoms with Crippen LogP contribution in [0.5, 0.6) is 5.75 Å². The molecular formula is C23H26N2O3. The number of rotatable bonds is 7. The van der Waals surface area contributed by atoms with Gasteiger partial charge in [-0.3, -0.25) is 14.5 Å². The number of hydrogen-bond donors (Lipinski definition) is 1. The lowest BCUT2D eigenvalue weighted by Gasteiger charge is -2.17. The van der Waals surface area contributed by atoms with Crippen LogP contribution < -0.4 is 10.1 Å². The van der Waals surface area contributed by atoms with Crippen molar-refractivity contribution in [2.24, 2.45) is 0 Å². The van der Waals surface area contributed by atoms with Crippen molar-refractivity contribution in [1.29, 1.82) is 0 Å². The molecule has 1 heterocycles. The molecule has 146 valence electrons. The van der Waals surface area contributed by atoms with E-state index in [2.05, 4.69) is 10.2 Å². The molecule has 0 aliphatic carbocycles. The van der Waals surface area contributed by atoms with E-state index in [-0.39, 0.29) is 11.7 Å². The predicted octanol–water partition coefficient (Wildman–Crippen LogP) is 4.15. The number of benzene rings is 2. The minimum atomic E-state index is -0.109. The first kappa shape index (κ1) is 19.8. The van der Waals surface area contributed by atoms with Gasteiger partial charge in [-0.25, -0.2) is 0 Å². The summed E-state index contributed by atoms with van der Waals surface area (Å²) in [6.07, 6.45) is 5.81. The summed E-state index contributed by atoms with van der Waals surface area (Å²) in [5.74, 6) is 0.667. The van der Waals surface area contributed by atoms with Gasteiger partial charge in [-0.05, 0) is 67.9 Å². The third kappa shape index (κ3) is 5.30. The van der Waals surface area contributed by atoms with Crippen LogP contribution in [0, 0.1) is 0 Å². The summed E-state index contributed by atoms with van der Waals surface area (Å²) in [6, 6.07) is 13.0. The summed E-state index contributed by atoms with van der Waals surface area (Å²) >= 11 is 0. The molecule has 0 spiro atoms. The fourth-order valence-corrected chi connectivity index (χ4v) is 3.39. The number of likely N-dealkylation sites (tertiary alicyclic amines) is 1. The highest BCUT2D eigenvalue weighted by atomic mass is 16.5. The molecule has 0 radical (unpaired) electrons. The summed E-state index contributed by atoms with van der Waals surface area (Å²) in [5.41, 5.74) is 3.33. The molecule has 0 unspecified atom stereocenters. The fraction of sp³-hybridized carbons (Fsp3) is 0.304. The zero-order valence-electron chi connectivity index (χ0n) is 16.4. The molecule has 0 atom stereocenters. The molecule has 1 aliphatic rings. The SMILES string of the molecule is COc1ccc(C(=O)C=Cc2ccc(NC(C)=O)cc2)cc1CN1CCCC1. The molecule has 2 aromatic rings. The van der Waals surface area contributed by atoms with Crippen LogP contribution in [0.15, 0.2) is 48.5 Å². The molecule has 1 aliphatic heterocycles. The highest BCUT2D eigenvalue weighted by molar-refractivity contribution is 6.07. The van der Waals surface area contributed by atoms with Gasteiger partial charge in [0.2, 0.25) is 5.91 Å². The van der Waals surface area contributed by atoms with Crippen LogP contribution in [0.2, 0.25) is 0 Å². The average molecular weight is 378 g/mol. The van der Waals surface area contributed by atoms with Crippen LogP contribution in [-0.2, 0) is 11.3 Å². The lowest BCUT2D eigenvalue weighted by atomic mass is 10.0. The van der Waals surface area contributed by atoms with E-state index < -0.39 is 0 Å². The van der Waals surface area contributed by atoms with E-state index in [1.165, 1.54) is 19.8 Å². The van der Waals surface area contributed by atoms with Gasteiger partial charge >= 0.3 is 0 Å². The second-order valence-electron chi connectivity index (χ2n) is 7.01. The Labute approximate surface area is 166 Å². The number of ketones is 1. The van der Waals surface area contributed by atoms with Crippen molar-refractivity contribution in [2.75, 3.05) is 25.5 Å². The molecule has 5 heteroatoms. The smallest absolute Gasteiger partial charge is 0.221 e. The Morgan fingerprint density at radius 3 is 2.46 bits per heavy atom. The van der Waals surface area contributed by atoms with Crippen molar-refractivity contribution in [1.82, 2.24) is 4.90 Å². The number of carbonyl (C=O) groups is 2. The number of hydrogen-bond acceptors (Lipinski definition) is 4. The lowest BCUT2D eigenvalue weighted by Crippen LogP contribution is -2.19. The summed E-state index contributed by atoms with van der Waals surface area (Å²) in [4.78, 5) is 26.1. The molecular weight excluding hydrogens is 352 g/mol. The summed E-state index contributed by atoms with van der Waals surface area (Å²) in [6.45, 7) is 4.46. The Balaban J connectivity index is 1.70. The van der Waals surface area contributed by atoms with Crippen molar-refractivity contribution in [3.05, 3.63) is 65.2 Å². The zero-order chi connectivity index (χ0) is 19.9. The molecule has 1 N–H and O–H groups in total. The van der Waals surface area contributed by atoms with Gasteiger partial charge in [0.25, 0.3) is 0 Å². The third-order valence-electron chi connectivity index (χ3n) is 4.82. The predicted molar refractivity (Wildman–Crippen MR) is 112 cm³/mol. The number of anilines is 1. The normalized spacial score (nSPS) is 14.4. The van der Waals surface area contributed by atoms with E-state index in [0.717, 1.165) is 42.2 Å². The molecule has 3 rings (SSSR count). The van der Waals surface area contributed by atoms with E-state index in [4.69, 9.17) is 4.74 Å². The maximum absolute atomic E-state index is 12.6. The van der Waals surface area contributed by atoms with Gasteiger partial charge < -0.3 is 10.1 Å². The van der Waals surface area contributed by atoms with Crippen molar-refractivity contribution >= 4 is 23.5 Å². The first-order valence-electron chi connectivity index (χ1n) is 9.54. The molecule has 0 saturated carbocycles. The van der Waals surface area contributed by atoms with Gasteiger partial charge in [0.15, 0.2) is 5.78 Å². The van der Waals surface area contributed by atoms with Crippen molar-refractivity contribution < 1.29 is 14.3 Å². The Morgan fingerprint density at radius 2 is 1.82 bits per heavy atom. The van der Waals surface area contributed by atoms with E-state index in [0.29, 0.717) is 5.56 Å². The second kappa shape index (κ2) is 9.33. The van der Waals surface area contributed by atoms with Gasteiger partial charge in [-0.15, -0.1) is 0 Å². The van der Waals surface area contributed by atoms with Crippen LogP contribution >= 0.6 is 0 Å². The molecule has 0 aromatic heterocycles. The minimum Gasteiger partial charge on any atom is -0.496 e.